The number of amides is 3. The van der Waals surface area contributed by atoms with Crippen molar-refractivity contribution < 1.29 is 14.3 Å². The minimum atomic E-state index is -0.566. The van der Waals surface area contributed by atoms with Gasteiger partial charge >= 0.3 is 6.03 Å². The summed E-state index contributed by atoms with van der Waals surface area (Å²) < 4.78 is 5.10. The second-order valence-corrected chi connectivity index (χ2v) is 5.76. The lowest BCUT2D eigenvalue weighted by Gasteiger charge is -2.14. The van der Waals surface area contributed by atoms with Crippen LogP contribution in [0.1, 0.15) is 16.7 Å². The molecule has 1 fully saturated rings. The SMILES string of the molecule is COc1ccc(CN2C(=O)N[C@H](Cc3ccccc3)C2=O)cc1C#N. The number of nitrogens with one attached hydrogen (secondary N) is 1. The number of nitriles is 1. The number of urea groups is 1. The summed E-state index contributed by atoms with van der Waals surface area (Å²) in [6.45, 7) is 0.120. The molecule has 6 heteroatoms. The van der Waals surface area contributed by atoms with Gasteiger partial charge < -0.3 is 10.1 Å². The monoisotopic (exact) mass is 335 g/mol. The Morgan fingerprint density at radius 1 is 1.16 bits per heavy atom. The Morgan fingerprint density at radius 3 is 2.60 bits per heavy atom. The Hall–Kier alpha value is -3.33. The van der Waals surface area contributed by atoms with Crippen LogP contribution in [0.15, 0.2) is 48.5 Å². The number of hydrogen-bond acceptors (Lipinski definition) is 4. The summed E-state index contributed by atoms with van der Waals surface area (Å²) in [7, 11) is 1.49. The predicted octanol–water partition coefficient (Wildman–Crippen LogP) is 2.23. The highest BCUT2D eigenvalue weighted by Gasteiger charge is 2.37. The molecule has 1 heterocycles. The van der Waals surface area contributed by atoms with E-state index in [1.807, 2.05) is 36.4 Å². The van der Waals surface area contributed by atoms with E-state index in [2.05, 4.69) is 5.32 Å². The Morgan fingerprint density at radius 2 is 1.92 bits per heavy atom. The summed E-state index contributed by atoms with van der Waals surface area (Å²) in [5, 5.41) is 11.9. The van der Waals surface area contributed by atoms with Gasteiger partial charge in [0.15, 0.2) is 0 Å². The summed E-state index contributed by atoms with van der Waals surface area (Å²) in [5.74, 6) is 0.202. The van der Waals surface area contributed by atoms with Crippen molar-refractivity contribution in [1.82, 2.24) is 10.2 Å². The van der Waals surface area contributed by atoms with Gasteiger partial charge in [0.1, 0.15) is 17.9 Å². The molecule has 0 spiro atoms. The minimum absolute atomic E-state index is 0.120. The highest BCUT2D eigenvalue weighted by atomic mass is 16.5. The smallest absolute Gasteiger partial charge is 0.325 e. The summed E-state index contributed by atoms with van der Waals surface area (Å²) in [4.78, 5) is 25.9. The summed E-state index contributed by atoms with van der Waals surface area (Å²) in [5.41, 5.74) is 2.05. The predicted molar refractivity (Wildman–Crippen MR) is 90.7 cm³/mol. The van der Waals surface area contributed by atoms with Gasteiger partial charge in [-0.1, -0.05) is 36.4 Å². The molecule has 0 radical (unpaired) electrons. The van der Waals surface area contributed by atoms with Gasteiger partial charge in [-0.25, -0.2) is 4.79 Å². The molecule has 0 unspecified atom stereocenters. The van der Waals surface area contributed by atoms with E-state index < -0.39 is 12.1 Å². The van der Waals surface area contributed by atoms with Crippen LogP contribution in [0, 0.1) is 11.3 Å². The average molecular weight is 335 g/mol. The van der Waals surface area contributed by atoms with Crippen molar-refractivity contribution in [2.24, 2.45) is 0 Å². The van der Waals surface area contributed by atoms with Gasteiger partial charge in [0.05, 0.1) is 19.2 Å². The third-order valence-corrected chi connectivity index (χ3v) is 4.11. The van der Waals surface area contributed by atoms with Crippen LogP contribution in [0.25, 0.3) is 0 Å². The largest absolute Gasteiger partial charge is 0.495 e. The van der Waals surface area contributed by atoms with Crippen LogP contribution in [-0.2, 0) is 17.8 Å². The fourth-order valence-corrected chi connectivity index (χ4v) is 2.84. The van der Waals surface area contributed by atoms with Gasteiger partial charge in [0, 0.05) is 6.42 Å². The van der Waals surface area contributed by atoms with E-state index in [1.54, 1.807) is 18.2 Å². The lowest BCUT2D eigenvalue weighted by molar-refractivity contribution is -0.127. The van der Waals surface area contributed by atoms with E-state index in [4.69, 9.17) is 10.00 Å². The van der Waals surface area contributed by atoms with Crippen LogP contribution >= 0.6 is 0 Å². The van der Waals surface area contributed by atoms with Crippen molar-refractivity contribution in [3.8, 4) is 11.8 Å². The Bertz CT molecular complexity index is 843. The summed E-state index contributed by atoms with van der Waals surface area (Å²) in [6.07, 6.45) is 0.452. The van der Waals surface area contributed by atoms with E-state index in [0.29, 0.717) is 23.3 Å². The Kier molecular flexibility index (Phi) is 4.66. The van der Waals surface area contributed by atoms with Crippen LogP contribution in [0.5, 0.6) is 5.75 Å². The molecule has 3 amide bonds. The lowest BCUT2D eigenvalue weighted by atomic mass is 10.1. The zero-order valence-electron chi connectivity index (χ0n) is 13.7. The molecule has 1 atom stereocenters. The Balaban J connectivity index is 1.74. The first kappa shape index (κ1) is 16.5. The average Bonchev–Trinajstić information content (AvgIpc) is 2.90. The van der Waals surface area contributed by atoms with Crippen molar-refractivity contribution in [2.45, 2.75) is 19.0 Å². The number of methoxy groups -OCH3 is 1. The number of nitrogens with zero attached hydrogens (tertiary/aromatic N) is 2. The molecule has 1 N–H and O–H groups in total. The van der Waals surface area contributed by atoms with Crippen molar-refractivity contribution in [1.29, 1.82) is 5.26 Å². The fourth-order valence-electron chi connectivity index (χ4n) is 2.84. The van der Waals surface area contributed by atoms with Crippen molar-refractivity contribution >= 4 is 11.9 Å². The number of rotatable bonds is 5. The molecule has 0 bridgehead atoms. The maximum absolute atomic E-state index is 12.6. The van der Waals surface area contributed by atoms with Crippen LogP contribution in [-0.4, -0.2) is 30.0 Å². The van der Waals surface area contributed by atoms with E-state index in [0.717, 1.165) is 5.56 Å². The van der Waals surface area contributed by atoms with Gasteiger partial charge in [-0.2, -0.15) is 5.26 Å². The van der Waals surface area contributed by atoms with Crippen molar-refractivity contribution in [3.63, 3.8) is 0 Å². The first-order chi connectivity index (χ1) is 12.1. The van der Waals surface area contributed by atoms with Gasteiger partial charge in [0.25, 0.3) is 5.91 Å². The zero-order chi connectivity index (χ0) is 17.8. The van der Waals surface area contributed by atoms with Crippen LogP contribution in [0.2, 0.25) is 0 Å². The van der Waals surface area contributed by atoms with Crippen molar-refractivity contribution in [2.75, 3.05) is 7.11 Å². The second kappa shape index (κ2) is 7.05. The second-order valence-electron chi connectivity index (χ2n) is 5.76. The molecule has 1 aliphatic heterocycles. The van der Waals surface area contributed by atoms with Gasteiger partial charge in [-0.15, -0.1) is 0 Å². The molecular weight excluding hydrogens is 318 g/mol. The molecule has 2 aromatic carbocycles. The molecule has 3 rings (SSSR count). The first-order valence-corrected chi connectivity index (χ1v) is 7.85. The standard InChI is InChI=1S/C19H17N3O3/c1-25-17-8-7-14(9-15(17)11-20)12-22-18(23)16(21-19(22)24)10-13-5-3-2-4-6-13/h2-9,16H,10,12H2,1H3,(H,21,24)/t16-/m1/s1. The van der Waals surface area contributed by atoms with E-state index in [9.17, 15) is 9.59 Å². The highest BCUT2D eigenvalue weighted by molar-refractivity contribution is 6.04. The normalized spacial score (nSPS) is 16.5. The van der Waals surface area contributed by atoms with Gasteiger partial charge in [-0.3, -0.25) is 9.69 Å². The molecule has 6 nitrogen and oxygen atoms in total. The first-order valence-electron chi connectivity index (χ1n) is 7.85. The van der Waals surface area contributed by atoms with Gasteiger partial charge in [-0.05, 0) is 23.3 Å². The maximum atomic E-state index is 12.6. The number of carbonyl (C=O) groups excluding carboxylic acids is 2. The number of imide groups is 1. The quantitative estimate of drug-likeness (QED) is 0.850. The molecule has 126 valence electrons. The Labute approximate surface area is 145 Å². The third kappa shape index (κ3) is 3.45. The number of hydrogen-bond donors (Lipinski definition) is 1. The highest BCUT2D eigenvalue weighted by Crippen LogP contribution is 2.21. The summed E-state index contributed by atoms with van der Waals surface area (Å²) in [6, 6.07) is 15.6. The van der Waals surface area contributed by atoms with E-state index in [1.165, 1.54) is 12.0 Å². The molecule has 1 aliphatic rings. The van der Waals surface area contributed by atoms with E-state index in [-0.39, 0.29) is 12.5 Å². The molecule has 0 saturated carbocycles. The number of carbonyl (C=O) groups is 2. The number of ether oxygens (including phenoxy) is 1. The third-order valence-electron chi connectivity index (χ3n) is 4.11. The molecule has 0 aliphatic carbocycles. The van der Waals surface area contributed by atoms with Gasteiger partial charge in [0.2, 0.25) is 0 Å². The zero-order valence-corrected chi connectivity index (χ0v) is 13.7. The van der Waals surface area contributed by atoms with Crippen molar-refractivity contribution in [3.05, 3.63) is 65.2 Å². The molecule has 1 saturated heterocycles. The molecule has 2 aromatic rings. The summed E-state index contributed by atoms with van der Waals surface area (Å²) >= 11 is 0. The van der Waals surface area contributed by atoms with Crippen LogP contribution in [0.4, 0.5) is 4.79 Å². The lowest BCUT2D eigenvalue weighted by Crippen LogP contribution is -2.32. The number of benzene rings is 2. The molecule has 0 aromatic heterocycles. The fraction of sp³-hybridized carbons (Fsp3) is 0.211. The minimum Gasteiger partial charge on any atom is -0.495 e. The van der Waals surface area contributed by atoms with E-state index >= 15 is 0 Å². The van der Waals surface area contributed by atoms with Crippen LogP contribution < -0.4 is 10.1 Å². The topological polar surface area (TPSA) is 82.4 Å². The maximum Gasteiger partial charge on any atom is 0.325 e. The molecule has 25 heavy (non-hydrogen) atoms. The van der Waals surface area contributed by atoms with Crippen LogP contribution in [0.3, 0.4) is 0 Å². The molecular formula is C19H17N3O3.